The molecule has 1 amide bonds. The molecule has 1 aromatic heterocycles. The van der Waals surface area contributed by atoms with Gasteiger partial charge in [-0.15, -0.1) is 0 Å². The fourth-order valence-corrected chi connectivity index (χ4v) is 2.65. The molecule has 0 aliphatic heterocycles. The Bertz CT molecular complexity index is 582. The van der Waals surface area contributed by atoms with Gasteiger partial charge in [0.1, 0.15) is 11.8 Å². The molecule has 1 fully saturated rings. The predicted octanol–water partition coefficient (Wildman–Crippen LogP) is 2.92. The second-order valence-corrected chi connectivity index (χ2v) is 5.14. The Morgan fingerprint density at radius 1 is 1.21 bits per heavy atom. The minimum Gasteiger partial charge on any atom is -0.462 e. The number of rotatable bonds is 2. The molecule has 0 spiro atoms. The van der Waals surface area contributed by atoms with Crippen molar-refractivity contribution >= 4 is 22.6 Å². The molecule has 4 nitrogen and oxygen atoms in total. The van der Waals surface area contributed by atoms with Crippen molar-refractivity contribution in [2.45, 2.75) is 31.8 Å². The Labute approximate surface area is 111 Å². The van der Waals surface area contributed by atoms with Crippen LogP contribution in [0.5, 0.6) is 0 Å². The molecule has 0 bridgehead atoms. The van der Waals surface area contributed by atoms with Gasteiger partial charge in [0, 0.05) is 11.3 Å². The Kier molecular flexibility index (Phi) is 3.25. The zero-order chi connectivity index (χ0) is 13.2. The smallest absolute Gasteiger partial charge is 0.227 e. The van der Waals surface area contributed by atoms with Gasteiger partial charge in [0.25, 0.3) is 0 Å². The lowest BCUT2D eigenvalue weighted by Gasteiger charge is -2.24. The minimum atomic E-state index is -0.237. The first-order valence-corrected chi connectivity index (χ1v) is 6.69. The number of hydrogen-bond donors (Lipinski definition) is 2. The van der Waals surface area contributed by atoms with E-state index in [2.05, 4.69) is 5.32 Å². The van der Waals surface area contributed by atoms with Crippen molar-refractivity contribution in [1.29, 1.82) is 0 Å². The van der Waals surface area contributed by atoms with Crippen molar-refractivity contribution in [3.05, 3.63) is 30.5 Å². The van der Waals surface area contributed by atoms with Gasteiger partial charge in [-0.2, -0.15) is 0 Å². The number of fused-ring (bicyclic) bond motifs is 1. The highest BCUT2D eigenvalue weighted by atomic mass is 16.3. The van der Waals surface area contributed by atoms with Crippen LogP contribution in [0.3, 0.4) is 0 Å². The fourth-order valence-electron chi connectivity index (χ4n) is 2.65. The molecule has 1 heterocycles. The van der Waals surface area contributed by atoms with E-state index in [0.717, 1.165) is 29.5 Å². The van der Waals surface area contributed by atoms with Crippen molar-refractivity contribution in [2.24, 2.45) is 5.92 Å². The van der Waals surface area contributed by atoms with Crippen molar-refractivity contribution in [2.75, 3.05) is 5.32 Å². The highest BCUT2D eigenvalue weighted by Crippen LogP contribution is 2.29. The van der Waals surface area contributed by atoms with E-state index in [9.17, 15) is 9.90 Å². The van der Waals surface area contributed by atoms with Gasteiger partial charge in [-0.25, -0.2) is 0 Å². The van der Waals surface area contributed by atoms with Crippen molar-refractivity contribution < 1.29 is 14.3 Å². The van der Waals surface area contributed by atoms with Gasteiger partial charge >= 0.3 is 0 Å². The summed E-state index contributed by atoms with van der Waals surface area (Å²) in [6, 6.07) is 7.63. The maximum absolute atomic E-state index is 12.2. The lowest BCUT2D eigenvalue weighted by Crippen LogP contribution is -2.28. The molecule has 4 heteroatoms. The summed E-state index contributed by atoms with van der Waals surface area (Å²) in [4.78, 5) is 12.2. The molecular formula is C15H17NO3. The summed E-state index contributed by atoms with van der Waals surface area (Å²) in [5.74, 6) is 0.0236. The molecule has 19 heavy (non-hydrogen) atoms. The number of benzene rings is 1. The molecule has 1 aromatic carbocycles. The summed E-state index contributed by atoms with van der Waals surface area (Å²) in [6.07, 6.45) is 4.28. The van der Waals surface area contributed by atoms with Gasteiger partial charge in [0.15, 0.2) is 0 Å². The molecule has 100 valence electrons. The molecule has 3 rings (SSSR count). The number of carbonyl (C=O) groups is 1. The Balaban J connectivity index is 1.72. The van der Waals surface area contributed by atoms with Crippen LogP contribution < -0.4 is 5.32 Å². The van der Waals surface area contributed by atoms with Crippen LogP contribution in [0.2, 0.25) is 0 Å². The SMILES string of the molecule is O=C(Nc1coc2ccccc12)C1CCC(O)CC1. The first-order chi connectivity index (χ1) is 9.24. The number of aliphatic hydroxyl groups is 1. The van der Waals surface area contributed by atoms with Crippen LogP contribution in [-0.2, 0) is 4.79 Å². The van der Waals surface area contributed by atoms with E-state index in [4.69, 9.17) is 4.42 Å². The van der Waals surface area contributed by atoms with E-state index in [1.165, 1.54) is 0 Å². The van der Waals surface area contributed by atoms with Gasteiger partial charge in [-0.1, -0.05) is 12.1 Å². The number of nitrogens with one attached hydrogen (secondary N) is 1. The number of para-hydroxylation sites is 1. The van der Waals surface area contributed by atoms with Crippen LogP contribution in [0, 0.1) is 5.92 Å². The molecule has 1 saturated carbocycles. The van der Waals surface area contributed by atoms with Gasteiger partial charge in [0.2, 0.25) is 5.91 Å². The second kappa shape index (κ2) is 5.05. The summed E-state index contributed by atoms with van der Waals surface area (Å²) in [5, 5.41) is 13.3. The quantitative estimate of drug-likeness (QED) is 0.871. The Morgan fingerprint density at radius 2 is 1.95 bits per heavy atom. The number of amides is 1. The van der Waals surface area contributed by atoms with Crippen LogP contribution >= 0.6 is 0 Å². The molecular weight excluding hydrogens is 242 g/mol. The van der Waals surface area contributed by atoms with Crippen molar-refractivity contribution in [3.8, 4) is 0 Å². The summed E-state index contributed by atoms with van der Waals surface area (Å²) < 4.78 is 5.40. The number of furan rings is 1. The van der Waals surface area contributed by atoms with Crippen LogP contribution in [-0.4, -0.2) is 17.1 Å². The van der Waals surface area contributed by atoms with Gasteiger partial charge in [-0.05, 0) is 37.8 Å². The summed E-state index contributed by atoms with van der Waals surface area (Å²) in [6.45, 7) is 0. The van der Waals surface area contributed by atoms with Crippen molar-refractivity contribution in [3.63, 3.8) is 0 Å². The highest BCUT2D eigenvalue weighted by Gasteiger charge is 2.25. The fraction of sp³-hybridized carbons (Fsp3) is 0.400. The van der Waals surface area contributed by atoms with Crippen LogP contribution in [0.15, 0.2) is 34.9 Å². The molecule has 1 aliphatic rings. The third kappa shape index (κ3) is 2.49. The van der Waals surface area contributed by atoms with Crippen LogP contribution in [0.25, 0.3) is 11.0 Å². The molecule has 0 saturated heterocycles. The summed E-state index contributed by atoms with van der Waals surface area (Å²) >= 11 is 0. The molecule has 2 N–H and O–H groups in total. The standard InChI is InChI=1S/C15H17NO3/c17-11-7-5-10(6-8-11)15(18)16-13-9-19-14-4-2-1-3-12(13)14/h1-4,9-11,17H,5-8H2,(H,16,18). The zero-order valence-electron chi connectivity index (χ0n) is 10.6. The number of anilines is 1. The molecule has 2 aromatic rings. The maximum Gasteiger partial charge on any atom is 0.227 e. The van der Waals surface area contributed by atoms with Crippen molar-refractivity contribution in [1.82, 2.24) is 0 Å². The Morgan fingerprint density at radius 3 is 2.74 bits per heavy atom. The second-order valence-electron chi connectivity index (χ2n) is 5.14. The molecule has 0 unspecified atom stereocenters. The third-order valence-electron chi connectivity index (χ3n) is 3.81. The average Bonchev–Trinajstić information content (AvgIpc) is 2.83. The lowest BCUT2D eigenvalue weighted by atomic mass is 9.87. The third-order valence-corrected chi connectivity index (χ3v) is 3.81. The normalized spacial score (nSPS) is 23.4. The number of aliphatic hydroxyl groups excluding tert-OH is 1. The molecule has 1 aliphatic carbocycles. The predicted molar refractivity (Wildman–Crippen MR) is 72.8 cm³/mol. The zero-order valence-corrected chi connectivity index (χ0v) is 10.6. The largest absolute Gasteiger partial charge is 0.462 e. The molecule has 0 radical (unpaired) electrons. The van der Waals surface area contributed by atoms with Gasteiger partial charge in [-0.3, -0.25) is 4.79 Å². The Hall–Kier alpha value is -1.81. The van der Waals surface area contributed by atoms with E-state index in [0.29, 0.717) is 12.8 Å². The summed E-state index contributed by atoms with van der Waals surface area (Å²) in [7, 11) is 0. The average molecular weight is 259 g/mol. The molecule has 0 atom stereocenters. The lowest BCUT2D eigenvalue weighted by molar-refractivity contribution is -0.121. The van der Waals surface area contributed by atoms with E-state index < -0.39 is 0 Å². The summed E-state index contributed by atoms with van der Waals surface area (Å²) in [5.41, 5.74) is 1.50. The first-order valence-electron chi connectivity index (χ1n) is 6.69. The highest BCUT2D eigenvalue weighted by molar-refractivity contribution is 6.01. The number of carbonyl (C=O) groups excluding carboxylic acids is 1. The van der Waals surface area contributed by atoms with E-state index in [1.807, 2.05) is 24.3 Å². The van der Waals surface area contributed by atoms with E-state index >= 15 is 0 Å². The number of hydrogen-bond acceptors (Lipinski definition) is 3. The van der Waals surface area contributed by atoms with Gasteiger partial charge in [0.05, 0.1) is 11.8 Å². The minimum absolute atomic E-state index is 0.00272. The van der Waals surface area contributed by atoms with Gasteiger partial charge < -0.3 is 14.8 Å². The topological polar surface area (TPSA) is 62.5 Å². The van der Waals surface area contributed by atoms with Crippen LogP contribution in [0.1, 0.15) is 25.7 Å². The van der Waals surface area contributed by atoms with E-state index in [-0.39, 0.29) is 17.9 Å². The monoisotopic (exact) mass is 259 g/mol. The first kappa shape index (κ1) is 12.2. The van der Waals surface area contributed by atoms with Crippen LogP contribution in [0.4, 0.5) is 5.69 Å². The maximum atomic E-state index is 12.2. The van der Waals surface area contributed by atoms with E-state index in [1.54, 1.807) is 6.26 Å².